The molecule has 0 aliphatic carbocycles. The fraction of sp³-hybridized carbons (Fsp3) is 0.308. The van der Waals surface area contributed by atoms with Gasteiger partial charge in [0.1, 0.15) is 21.9 Å². The van der Waals surface area contributed by atoms with E-state index in [1.165, 1.54) is 0 Å². The van der Waals surface area contributed by atoms with Crippen LogP contribution in [0.3, 0.4) is 0 Å². The van der Waals surface area contributed by atoms with Crippen molar-refractivity contribution in [3.63, 3.8) is 0 Å². The number of benzene rings is 1. The maximum Gasteiger partial charge on any atom is 0.128 e. The second kappa shape index (κ2) is 5.54. The zero-order valence-corrected chi connectivity index (χ0v) is 11.9. The molecule has 4 nitrogen and oxygen atoms in total. The number of hydrogen-bond donors (Lipinski definition) is 2. The van der Waals surface area contributed by atoms with E-state index in [0.29, 0.717) is 6.42 Å². The van der Waals surface area contributed by atoms with E-state index in [2.05, 4.69) is 25.9 Å². The minimum Gasteiger partial charge on any atom is -0.496 e. The average Bonchev–Trinajstić information content (AvgIpc) is 2.70. The molecule has 1 aromatic heterocycles. The first-order chi connectivity index (χ1) is 8.65. The molecular formula is C13H15BrN2O2. The highest BCUT2D eigenvalue weighted by atomic mass is 79.9. The van der Waals surface area contributed by atoms with Crippen molar-refractivity contribution >= 4 is 15.9 Å². The van der Waals surface area contributed by atoms with Crippen LogP contribution >= 0.6 is 15.9 Å². The number of rotatable bonds is 4. The first-order valence-electron chi connectivity index (χ1n) is 5.66. The minimum absolute atomic E-state index is 0.0738. The molecule has 0 bridgehead atoms. The van der Waals surface area contributed by atoms with E-state index in [-0.39, 0.29) is 6.61 Å². The number of nitrogens with one attached hydrogen (secondary N) is 1. The first kappa shape index (κ1) is 13.1. The Hall–Kier alpha value is -1.33. The number of ether oxygens (including phenoxy) is 1. The largest absolute Gasteiger partial charge is 0.496 e. The lowest BCUT2D eigenvalue weighted by molar-refractivity contribution is 0.297. The van der Waals surface area contributed by atoms with E-state index in [1.807, 2.05) is 25.1 Å². The Morgan fingerprint density at radius 3 is 2.89 bits per heavy atom. The Labute approximate surface area is 114 Å². The summed E-state index contributed by atoms with van der Waals surface area (Å²) in [7, 11) is 1.64. The molecule has 5 heteroatoms. The molecule has 0 unspecified atom stereocenters. The van der Waals surface area contributed by atoms with Gasteiger partial charge in [-0.25, -0.2) is 4.98 Å². The second-order valence-corrected chi connectivity index (χ2v) is 4.82. The number of imidazole rings is 1. The highest BCUT2D eigenvalue weighted by Gasteiger charge is 2.14. The van der Waals surface area contributed by atoms with Crippen LogP contribution in [0.25, 0.3) is 11.3 Å². The summed E-state index contributed by atoms with van der Waals surface area (Å²) in [5.74, 6) is 1.53. The number of aryl methyl sites for hydroxylation is 1. The topological polar surface area (TPSA) is 58.1 Å². The molecule has 0 radical (unpaired) electrons. The van der Waals surface area contributed by atoms with Gasteiger partial charge in [0.05, 0.1) is 13.7 Å². The van der Waals surface area contributed by atoms with Crippen molar-refractivity contribution < 1.29 is 9.84 Å². The zero-order valence-electron chi connectivity index (χ0n) is 10.3. The highest BCUT2D eigenvalue weighted by molar-refractivity contribution is 9.10. The summed E-state index contributed by atoms with van der Waals surface area (Å²) >= 11 is 3.46. The Balaban J connectivity index is 2.50. The number of H-pyrrole nitrogens is 1. The van der Waals surface area contributed by atoms with Crippen molar-refractivity contribution in [2.24, 2.45) is 0 Å². The van der Waals surface area contributed by atoms with Gasteiger partial charge in [-0.15, -0.1) is 0 Å². The van der Waals surface area contributed by atoms with E-state index in [0.717, 1.165) is 33.0 Å². The fourth-order valence-corrected chi connectivity index (χ4v) is 2.34. The van der Waals surface area contributed by atoms with Gasteiger partial charge in [0.25, 0.3) is 0 Å². The van der Waals surface area contributed by atoms with Gasteiger partial charge in [-0.05, 0) is 35.0 Å². The van der Waals surface area contributed by atoms with Gasteiger partial charge in [-0.2, -0.15) is 0 Å². The standard InChI is InChI=1S/C13H15BrN2O2/c1-8-3-4-10(18-2)9(7-8)12-13(14)16-11(15-12)5-6-17/h3-4,7,17H,5-6H2,1-2H3,(H,15,16). The molecule has 0 spiro atoms. The number of aromatic nitrogens is 2. The van der Waals surface area contributed by atoms with Gasteiger partial charge in [0, 0.05) is 12.0 Å². The normalized spacial score (nSPS) is 10.7. The van der Waals surface area contributed by atoms with Crippen LogP contribution < -0.4 is 4.74 Å². The smallest absolute Gasteiger partial charge is 0.128 e. The molecule has 96 valence electrons. The fourth-order valence-electron chi connectivity index (χ4n) is 1.81. The van der Waals surface area contributed by atoms with Crippen molar-refractivity contribution in [2.75, 3.05) is 13.7 Å². The number of aromatic amines is 1. The summed E-state index contributed by atoms with van der Waals surface area (Å²) in [6, 6.07) is 5.96. The van der Waals surface area contributed by atoms with E-state index in [9.17, 15) is 0 Å². The van der Waals surface area contributed by atoms with Gasteiger partial charge in [-0.3, -0.25) is 0 Å². The summed E-state index contributed by atoms with van der Waals surface area (Å²) in [5.41, 5.74) is 2.88. The maximum absolute atomic E-state index is 8.94. The summed E-state index contributed by atoms with van der Waals surface area (Å²) in [6.07, 6.45) is 0.507. The molecule has 0 aliphatic heterocycles. The summed E-state index contributed by atoms with van der Waals surface area (Å²) in [4.78, 5) is 7.58. The molecule has 0 amide bonds. The van der Waals surface area contributed by atoms with Crippen LogP contribution in [0.4, 0.5) is 0 Å². The van der Waals surface area contributed by atoms with Gasteiger partial charge >= 0.3 is 0 Å². The molecule has 0 saturated heterocycles. The van der Waals surface area contributed by atoms with Crippen molar-refractivity contribution in [2.45, 2.75) is 13.3 Å². The average molecular weight is 311 g/mol. The molecule has 2 rings (SSSR count). The number of aliphatic hydroxyl groups excluding tert-OH is 1. The van der Waals surface area contributed by atoms with E-state index >= 15 is 0 Å². The number of aliphatic hydroxyl groups is 1. The Morgan fingerprint density at radius 2 is 2.22 bits per heavy atom. The Bertz CT molecular complexity index is 552. The molecule has 2 N–H and O–H groups in total. The monoisotopic (exact) mass is 310 g/mol. The van der Waals surface area contributed by atoms with Crippen molar-refractivity contribution in [1.29, 1.82) is 0 Å². The lowest BCUT2D eigenvalue weighted by Gasteiger charge is -2.07. The third-order valence-corrected chi connectivity index (χ3v) is 3.24. The summed E-state index contributed by atoms with van der Waals surface area (Å²) in [6.45, 7) is 2.10. The Morgan fingerprint density at radius 1 is 1.44 bits per heavy atom. The van der Waals surface area contributed by atoms with Crippen LogP contribution in [-0.2, 0) is 6.42 Å². The molecule has 1 aromatic carbocycles. The molecule has 1 heterocycles. The number of halogens is 1. The van der Waals surface area contributed by atoms with E-state index in [4.69, 9.17) is 9.84 Å². The minimum atomic E-state index is 0.0738. The van der Waals surface area contributed by atoms with Crippen LogP contribution in [0.2, 0.25) is 0 Å². The van der Waals surface area contributed by atoms with Crippen LogP contribution in [0.5, 0.6) is 5.75 Å². The summed E-state index contributed by atoms with van der Waals surface area (Å²) < 4.78 is 6.16. The van der Waals surface area contributed by atoms with Crippen LogP contribution in [0.1, 0.15) is 11.4 Å². The predicted molar refractivity (Wildman–Crippen MR) is 73.8 cm³/mol. The van der Waals surface area contributed by atoms with E-state index < -0.39 is 0 Å². The SMILES string of the molecule is COc1ccc(C)cc1-c1nc(CCO)[nH]c1Br. The second-order valence-electron chi connectivity index (χ2n) is 4.02. The van der Waals surface area contributed by atoms with Gasteiger partial charge in [0.15, 0.2) is 0 Å². The molecule has 2 aromatic rings. The molecular weight excluding hydrogens is 296 g/mol. The molecule has 0 saturated carbocycles. The van der Waals surface area contributed by atoms with Gasteiger partial charge in [-0.1, -0.05) is 11.6 Å². The van der Waals surface area contributed by atoms with Crippen molar-refractivity contribution in [1.82, 2.24) is 9.97 Å². The number of hydrogen-bond acceptors (Lipinski definition) is 3. The van der Waals surface area contributed by atoms with Crippen LogP contribution in [-0.4, -0.2) is 28.8 Å². The third kappa shape index (κ3) is 2.57. The lowest BCUT2D eigenvalue weighted by atomic mass is 10.1. The van der Waals surface area contributed by atoms with E-state index in [1.54, 1.807) is 7.11 Å². The van der Waals surface area contributed by atoms with Crippen molar-refractivity contribution in [3.8, 4) is 17.0 Å². The van der Waals surface area contributed by atoms with Crippen LogP contribution in [0.15, 0.2) is 22.8 Å². The number of nitrogens with zero attached hydrogens (tertiary/aromatic N) is 1. The summed E-state index contributed by atoms with van der Waals surface area (Å²) in [5, 5.41) is 8.94. The first-order valence-corrected chi connectivity index (χ1v) is 6.45. The molecule has 0 aliphatic rings. The van der Waals surface area contributed by atoms with Gasteiger partial charge in [0.2, 0.25) is 0 Å². The van der Waals surface area contributed by atoms with Crippen LogP contribution in [0, 0.1) is 6.92 Å². The van der Waals surface area contributed by atoms with Crippen molar-refractivity contribution in [3.05, 3.63) is 34.2 Å². The highest BCUT2D eigenvalue weighted by Crippen LogP contribution is 2.34. The molecule has 0 fully saturated rings. The maximum atomic E-state index is 8.94. The predicted octanol–water partition coefficient (Wildman–Crippen LogP) is 2.69. The Kier molecular flexibility index (Phi) is 4.04. The zero-order chi connectivity index (χ0) is 13.1. The lowest BCUT2D eigenvalue weighted by Crippen LogP contribution is -1.93. The quantitative estimate of drug-likeness (QED) is 0.913. The number of methoxy groups -OCH3 is 1. The molecule has 0 atom stereocenters. The molecule has 18 heavy (non-hydrogen) atoms. The van der Waals surface area contributed by atoms with Gasteiger partial charge < -0.3 is 14.8 Å². The third-order valence-electron chi connectivity index (χ3n) is 2.67.